The summed E-state index contributed by atoms with van der Waals surface area (Å²) < 4.78 is 0. The van der Waals surface area contributed by atoms with Gasteiger partial charge in [-0.1, -0.05) is 24.3 Å². The third kappa shape index (κ3) is 2.90. The average Bonchev–Trinajstić information content (AvgIpc) is 2.52. The molecule has 6 heteroatoms. The highest BCUT2D eigenvalue weighted by Gasteiger charge is 2.04. The van der Waals surface area contributed by atoms with Gasteiger partial charge in [-0.2, -0.15) is 4.98 Å². The second kappa shape index (κ2) is 5.72. The van der Waals surface area contributed by atoms with E-state index >= 15 is 0 Å². The normalized spacial score (nSPS) is 10.6. The predicted octanol–water partition coefficient (Wildman–Crippen LogP) is 2.23. The Morgan fingerprint density at radius 2 is 2.00 bits per heavy atom. The number of pyridine rings is 1. The number of hydrazine groups is 1. The third-order valence-electron chi connectivity index (χ3n) is 3.16. The van der Waals surface area contributed by atoms with Crippen LogP contribution >= 0.6 is 0 Å². The fraction of sp³-hybridized carbons (Fsp3) is 0.133. The number of nitrogens with two attached hydrogens (primary N) is 1. The van der Waals surface area contributed by atoms with Gasteiger partial charge in [0.1, 0.15) is 5.82 Å². The Labute approximate surface area is 122 Å². The number of nitrogen functional groups attached to an aromatic ring is 1. The van der Waals surface area contributed by atoms with Crippen LogP contribution in [-0.2, 0) is 6.54 Å². The van der Waals surface area contributed by atoms with Gasteiger partial charge in [-0.25, -0.2) is 10.8 Å². The van der Waals surface area contributed by atoms with Crippen LogP contribution in [0.25, 0.3) is 10.9 Å². The van der Waals surface area contributed by atoms with Gasteiger partial charge < -0.3 is 5.32 Å². The Kier molecular flexibility index (Phi) is 3.61. The van der Waals surface area contributed by atoms with Crippen molar-refractivity contribution < 1.29 is 0 Å². The van der Waals surface area contributed by atoms with Crippen LogP contribution < -0.4 is 16.6 Å². The standard InChI is InChI=1S/C15H16N6/c1-10-8-13(20-15(19-10)21-16)18-9-12-5-2-4-11-6-3-7-17-14(11)12/h2-8H,9,16H2,1H3,(H2,18,19,20,21). The Morgan fingerprint density at radius 1 is 1.14 bits per heavy atom. The molecule has 2 heterocycles. The lowest BCUT2D eigenvalue weighted by molar-refractivity contribution is 1.04. The monoisotopic (exact) mass is 280 g/mol. The average molecular weight is 280 g/mol. The van der Waals surface area contributed by atoms with E-state index in [4.69, 9.17) is 5.84 Å². The molecule has 0 aliphatic carbocycles. The largest absolute Gasteiger partial charge is 0.366 e. The first-order chi connectivity index (χ1) is 10.3. The van der Waals surface area contributed by atoms with Crippen molar-refractivity contribution in [2.75, 3.05) is 10.7 Å². The van der Waals surface area contributed by atoms with E-state index in [1.54, 1.807) is 6.20 Å². The number of anilines is 2. The molecule has 0 spiro atoms. The molecular formula is C15H16N6. The van der Waals surface area contributed by atoms with Gasteiger partial charge >= 0.3 is 0 Å². The summed E-state index contributed by atoms with van der Waals surface area (Å²) in [7, 11) is 0. The van der Waals surface area contributed by atoms with Gasteiger partial charge in [0.2, 0.25) is 5.95 Å². The van der Waals surface area contributed by atoms with Gasteiger partial charge in [0.05, 0.1) is 5.52 Å². The molecule has 0 aliphatic rings. The van der Waals surface area contributed by atoms with E-state index in [9.17, 15) is 0 Å². The second-order valence-electron chi connectivity index (χ2n) is 4.71. The fourth-order valence-electron chi connectivity index (χ4n) is 2.22. The van der Waals surface area contributed by atoms with Gasteiger partial charge in [-0.05, 0) is 18.6 Å². The predicted molar refractivity (Wildman–Crippen MR) is 83.6 cm³/mol. The molecular weight excluding hydrogens is 264 g/mol. The topological polar surface area (TPSA) is 88.8 Å². The number of aromatic nitrogens is 3. The summed E-state index contributed by atoms with van der Waals surface area (Å²) in [5.41, 5.74) is 5.42. The van der Waals surface area contributed by atoms with Crippen molar-refractivity contribution in [2.24, 2.45) is 5.84 Å². The molecule has 106 valence electrons. The summed E-state index contributed by atoms with van der Waals surface area (Å²) in [5, 5.41) is 4.41. The molecule has 0 saturated carbocycles. The van der Waals surface area contributed by atoms with Crippen LogP contribution in [0.5, 0.6) is 0 Å². The number of fused-ring (bicyclic) bond motifs is 1. The van der Waals surface area contributed by atoms with Gasteiger partial charge in [-0.15, -0.1) is 0 Å². The summed E-state index contributed by atoms with van der Waals surface area (Å²) in [6.45, 7) is 2.53. The van der Waals surface area contributed by atoms with E-state index in [1.165, 1.54) is 0 Å². The summed E-state index contributed by atoms with van der Waals surface area (Å²) >= 11 is 0. The lowest BCUT2D eigenvalue weighted by Crippen LogP contribution is -2.12. The zero-order valence-corrected chi connectivity index (χ0v) is 11.7. The van der Waals surface area contributed by atoms with Crippen LogP contribution in [0.15, 0.2) is 42.6 Å². The van der Waals surface area contributed by atoms with Crippen molar-refractivity contribution in [1.29, 1.82) is 0 Å². The van der Waals surface area contributed by atoms with Crippen molar-refractivity contribution in [3.05, 3.63) is 53.9 Å². The number of nitrogens with zero attached hydrogens (tertiary/aromatic N) is 3. The zero-order valence-electron chi connectivity index (χ0n) is 11.7. The van der Waals surface area contributed by atoms with Crippen LogP contribution in [0.2, 0.25) is 0 Å². The minimum Gasteiger partial charge on any atom is -0.366 e. The van der Waals surface area contributed by atoms with Gasteiger partial charge in [0.15, 0.2) is 0 Å². The summed E-state index contributed by atoms with van der Waals surface area (Å²) in [6.07, 6.45) is 1.80. The lowest BCUT2D eigenvalue weighted by atomic mass is 10.1. The molecule has 0 aliphatic heterocycles. The van der Waals surface area contributed by atoms with Crippen LogP contribution in [0.4, 0.5) is 11.8 Å². The fourth-order valence-corrected chi connectivity index (χ4v) is 2.22. The Hall–Kier alpha value is -2.73. The Bertz CT molecular complexity index is 766. The number of aryl methyl sites for hydroxylation is 1. The SMILES string of the molecule is Cc1cc(NCc2cccc3cccnc23)nc(NN)n1. The molecule has 0 bridgehead atoms. The molecule has 1 aromatic carbocycles. The highest BCUT2D eigenvalue weighted by Crippen LogP contribution is 2.17. The van der Waals surface area contributed by atoms with Crippen molar-refractivity contribution in [2.45, 2.75) is 13.5 Å². The molecule has 0 radical (unpaired) electrons. The molecule has 0 atom stereocenters. The third-order valence-corrected chi connectivity index (χ3v) is 3.16. The van der Waals surface area contributed by atoms with Crippen LogP contribution in [-0.4, -0.2) is 15.0 Å². The number of hydrogen-bond donors (Lipinski definition) is 3. The summed E-state index contributed by atoms with van der Waals surface area (Å²) in [6, 6.07) is 12.0. The van der Waals surface area contributed by atoms with E-state index in [2.05, 4.69) is 43.9 Å². The minimum absolute atomic E-state index is 0.397. The molecule has 4 N–H and O–H groups in total. The van der Waals surface area contributed by atoms with Crippen LogP contribution in [0, 0.1) is 6.92 Å². The number of nitrogens with one attached hydrogen (secondary N) is 2. The molecule has 0 unspecified atom stereocenters. The summed E-state index contributed by atoms with van der Waals surface area (Å²) in [5.74, 6) is 6.48. The number of rotatable bonds is 4. The number of hydrogen-bond acceptors (Lipinski definition) is 6. The minimum atomic E-state index is 0.397. The Morgan fingerprint density at radius 3 is 2.86 bits per heavy atom. The van der Waals surface area contributed by atoms with Gasteiger partial charge in [-0.3, -0.25) is 10.4 Å². The maximum atomic E-state index is 5.36. The molecule has 0 amide bonds. The van der Waals surface area contributed by atoms with E-state index in [-0.39, 0.29) is 0 Å². The van der Waals surface area contributed by atoms with E-state index in [0.717, 1.165) is 28.0 Å². The number of para-hydroxylation sites is 1. The number of benzene rings is 1. The lowest BCUT2D eigenvalue weighted by Gasteiger charge is -2.09. The van der Waals surface area contributed by atoms with Crippen molar-refractivity contribution in [3.8, 4) is 0 Å². The molecule has 3 aromatic rings. The Balaban J connectivity index is 1.85. The first-order valence-corrected chi connectivity index (χ1v) is 6.65. The smallest absolute Gasteiger partial charge is 0.239 e. The van der Waals surface area contributed by atoms with Crippen LogP contribution in [0.1, 0.15) is 11.3 Å². The second-order valence-corrected chi connectivity index (χ2v) is 4.71. The molecule has 6 nitrogen and oxygen atoms in total. The molecule has 3 rings (SSSR count). The van der Waals surface area contributed by atoms with Crippen molar-refractivity contribution in [1.82, 2.24) is 15.0 Å². The summed E-state index contributed by atoms with van der Waals surface area (Å²) in [4.78, 5) is 12.9. The highest BCUT2D eigenvalue weighted by molar-refractivity contribution is 5.81. The first kappa shape index (κ1) is 13.3. The van der Waals surface area contributed by atoms with Crippen molar-refractivity contribution in [3.63, 3.8) is 0 Å². The zero-order chi connectivity index (χ0) is 14.7. The van der Waals surface area contributed by atoms with Gasteiger partial charge in [0.25, 0.3) is 0 Å². The molecule has 21 heavy (non-hydrogen) atoms. The van der Waals surface area contributed by atoms with Crippen LogP contribution in [0.3, 0.4) is 0 Å². The van der Waals surface area contributed by atoms with Gasteiger partial charge in [0, 0.05) is 29.9 Å². The molecule has 0 fully saturated rings. The van der Waals surface area contributed by atoms with E-state index in [1.807, 2.05) is 25.1 Å². The van der Waals surface area contributed by atoms with E-state index < -0.39 is 0 Å². The van der Waals surface area contributed by atoms with E-state index in [0.29, 0.717) is 12.5 Å². The maximum Gasteiger partial charge on any atom is 0.239 e. The van der Waals surface area contributed by atoms with Crippen molar-refractivity contribution >= 4 is 22.7 Å². The first-order valence-electron chi connectivity index (χ1n) is 6.65. The maximum absolute atomic E-state index is 5.36. The molecule has 0 saturated heterocycles. The molecule has 2 aromatic heterocycles. The quantitative estimate of drug-likeness (QED) is 0.501. The highest BCUT2D eigenvalue weighted by atomic mass is 15.3.